The Morgan fingerprint density at radius 1 is 0.952 bits per heavy atom. The van der Waals surface area contributed by atoms with Gasteiger partial charge in [-0.1, -0.05) is 54.1 Å². The molecule has 0 saturated heterocycles. The molecule has 0 aliphatic carbocycles. The molecule has 1 nitrogen and oxygen atoms in total. The zero-order chi connectivity index (χ0) is 15.0. The topological polar surface area (TPSA) is 26.0 Å². The van der Waals surface area contributed by atoms with Crippen LogP contribution in [-0.2, 0) is 0 Å². The highest BCUT2D eigenvalue weighted by Crippen LogP contribution is 2.31. The summed E-state index contributed by atoms with van der Waals surface area (Å²) in [4.78, 5) is 0. The maximum Gasteiger partial charge on any atom is 0.129 e. The van der Waals surface area contributed by atoms with E-state index in [2.05, 4.69) is 13.0 Å². The van der Waals surface area contributed by atoms with Crippen molar-refractivity contribution in [3.8, 4) is 0 Å². The largest absolute Gasteiger partial charge is 0.320 e. The molecular weight excluding hydrogens is 285 g/mol. The molecule has 3 heteroatoms. The Bertz CT molecular complexity index is 813. The second-order valence-electron chi connectivity index (χ2n) is 5.16. The van der Waals surface area contributed by atoms with Crippen LogP contribution in [-0.4, -0.2) is 0 Å². The minimum absolute atomic E-state index is 0.372. The number of fused-ring (bicyclic) bond motifs is 1. The zero-order valence-corrected chi connectivity index (χ0v) is 12.4. The summed E-state index contributed by atoms with van der Waals surface area (Å²) in [5.74, 6) is -0.375. The normalized spacial score (nSPS) is 12.6. The van der Waals surface area contributed by atoms with Crippen molar-refractivity contribution in [2.45, 2.75) is 13.0 Å². The van der Waals surface area contributed by atoms with Crippen LogP contribution in [0.3, 0.4) is 0 Å². The van der Waals surface area contributed by atoms with E-state index in [1.54, 1.807) is 12.1 Å². The summed E-state index contributed by atoms with van der Waals surface area (Å²) in [6, 6.07) is 16.1. The van der Waals surface area contributed by atoms with Gasteiger partial charge >= 0.3 is 0 Å². The highest BCUT2D eigenvalue weighted by Gasteiger charge is 2.16. The smallest absolute Gasteiger partial charge is 0.129 e. The minimum Gasteiger partial charge on any atom is -0.320 e. The standard InChI is InChI=1S/C18H15ClFN/c1-11-6-8-15(14-5-3-2-4-13(11)14)18(21)16-9-7-12(19)10-17(16)20/h2-10,18H,21H2,1H3. The molecule has 0 aliphatic rings. The van der Waals surface area contributed by atoms with Crippen molar-refractivity contribution < 1.29 is 4.39 Å². The number of hydrogen-bond acceptors (Lipinski definition) is 1. The first kappa shape index (κ1) is 14.1. The Morgan fingerprint density at radius 3 is 2.33 bits per heavy atom. The average molecular weight is 300 g/mol. The molecule has 3 aromatic carbocycles. The lowest BCUT2D eigenvalue weighted by Crippen LogP contribution is -2.14. The van der Waals surface area contributed by atoms with Crippen molar-refractivity contribution >= 4 is 22.4 Å². The van der Waals surface area contributed by atoms with E-state index in [-0.39, 0.29) is 5.82 Å². The van der Waals surface area contributed by atoms with Crippen molar-refractivity contribution in [2.24, 2.45) is 5.73 Å². The fraction of sp³-hybridized carbons (Fsp3) is 0.111. The lowest BCUT2D eigenvalue weighted by Gasteiger charge is -2.17. The van der Waals surface area contributed by atoms with Crippen molar-refractivity contribution in [1.29, 1.82) is 0 Å². The second kappa shape index (κ2) is 5.47. The van der Waals surface area contributed by atoms with Gasteiger partial charge in [0.25, 0.3) is 0 Å². The number of rotatable bonds is 2. The van der Waals surface area contributed by atoms with Gasteiger partial charge in [0.05, 0.1) is 6.04 Å². The van der Waals surface area contributed by atoms with Gasteiger partial charge < -0.3 is 5.73 Å². The molecule has 0 heterocycles. The molecule has 0 saturated carbocycles. The molecular formula is C18H15ClFN. The molecule has 1 unspecified atom stereocenters. The third-order valence-corrected chi connectivity index (χ3v) is 4.04. The molecule has 3 rings (SSSR count). The lowest BCUT2D eigenvalue weighted by atomic mass is 9.92. The first-order chi connectivity index (χ1) is 10.1. The van der Waals surface area contributed by atoms with Crippen LogP contribution in [0.1, 0.15) is 22.7 Å². The first-order valence-electron chi connectivity index (χ1n) is 6.76. The Balaban J connectivity index is 2.18. The van der Waals surface area contributed by atoms with Gasteiger partial charge in [-0.3, -0.25) is 0 Å². The van der Waals surface area contributed by atoms with E-state index in [0.717, 1.165) is 16.3 Å². The molecule has 0 spiro atoms. The summed E-state index contributed by atoms with van der Waals surface area (Å²) in [7, 11) is 0. The van der Waals surface area contributed by atoms with E-state index >= 15 is 0 Å². The third-order valence-electron chi connectivity index (χ3n) is 3.81. The Morgan fingerprint density at radius 2 is 1.62 bits per heavy atom. The van der Waals surface area contributed by atoms with Crippen molar-refractivity contribution in [1.82, 2.24) is 0 Å². The molecule has 0 fully saturated rings. The van der Waals surface area contributed by atoms with Gasteiger partial charge in [0.2, 0.25) is 0 Å². The number of benzene rings is 3. The maximum atomic E-state index is 14.1. The van der Waals surface area contributed by atoms with Crippen LogP contribution in [0.2, 0.25) is 5.02 Å². The van der Waals surface area contributed by atoms with Gasteiger partial charge in [0, 0.05) is 10.6 Å². The van der Waals surface area contributed by atoms with Gasteiger partial charge in [0.15, 0.2) is 0 Å². The third kappa shape index (κ3) is 2.53. The molecule has 2 N–H and O–H groups in total. The van der Waals surface area contributed by atoms with Gasteiger partial charge in [-0.05, 0) is 41.0 Å². The van der Waals surface area contributed by atoms with Crippen LogP contribution in [0.25, 0.3) is 10.8 Å². The zero-order valence-electron chi connectivity index (χ0n) is 11.6. The fourth-order valence-corrected chi connectivity index (χ4v) is 2.82. The molecule has 21 heavy (non-hydrogen) atoms. The van der Waals surface area contributed by atoms with Gasteiger partial charge in [-0.2, -0.15) is 0 Å². The van der Waals surface area contributed by atoms with Gasteiger partial charge in [0.1, 0.15) is 5.82 Å². The summed E-state index contributed by atoms with van der Waals surface area (Å²) in [5, 5.41) is 2.57. The monoisotopic (exact) mass is 299 g/mol. The number of aryl methyl sites for hydroxylation is 1. The van der Waals surface area contributed by atoms with Crippen LogP contribution in [0.5, 0.6) is 0 Å². The van der Waals surface area contributed by atoms with E-state index in [9.17, 15) is 4.39 Å². The summed E-state index contributed by atoms with van der Waals surface area (Å²) in [6.45, 7) is 2.06. The predicted octanol–water partition coefficient (Wildman–Crippen LogP) is 4.99. The van der Waals surface area contributed by atoms with Crippen LogP contribution >= 0.6 is 11.6 Å². The van der Waals surface area contributed by atoms with E-state index < -0.39 is 6.04 Å². The van der Waals surface area contributed by atoms with Gasteiger partial charge in [-0.25, -0.2) is 4.39 Å². The Labute approximate surface area is 128 Å². The minimum atomic E-state index is -0.521. The highest BCUT2D eigenvalue weighted by atomic mass is 35.5. The molecule has 0 bridgehead atoms. The quantitative estimate of drug-likeness (QED) is 0.709. The van der Waals surface area contributed by atoms with Crippen LogP contribution in [0, 0.1) is 12.7 Å². The van der Waals surface area contributed by atoms with E-state index in [0.29, 0.717) is 10.6 Å². The molecule has 106 valence electrons. The van der Waals surface area contributed by atoms with E-state index in [1.807, 2.05) is 30.3 Å². The van der Waals surface area contributed by atoms with E-state index in [1.165, 1.54) is 11.6 Å². The SMILES string of the molecule is Cc1ccc(C(N)c2ccc(Cl)cc2F)c2ccccc12. The summed E-state index contributed by atoms with van der Waals surface area (Å²) in [6.07, 6.45) is 0. The fourth-order valence-electron chi connectivity index (χ4n) is 2.67. The molecule has 0 aromatic heterocycles. The lowest BCUT2D eigenvalue weighted by molar-refractivity contribution is 0.600. The molecule has 0 radical (unpaired) electrons. The van der Waals surface area contributed by atoms with Crippen LogP contribution in [0.4, 0.5) is 4.39 Å². The van der Waals surface area contributed by atoms with E-state index in [4.69, 9.17) is 17.3 Å². The summed E-state index contributed by atoms with van der Waals surface area (Å²) in [5.41, 5.74) is 8.85. The number of halogens is 2. The van der Waals surface area contributed by atoms with Crippen molar-refractivity contribution in [3.63, 3.8) is 0 Å². The molecule has 3 aromatic rings. The maximum absolute atomic E-state index is 14.1. The summed E-state index contributed by atoms with van der Waals surface area (Å²) < 4.78 is 14.1. The first-order valence-corrected chi connectivity index (χ1v) is 7.14. The Kier molecular flexibility index (Phi) is 3.66. The van der Waals surface area contributed by atoms with Crippen LogP contribution < -0.4 is 5.73 Å². The molecule has 0 aliphatic heterocycles. The van der Waals surface area contributed by atoms with Gasteiger partial charge in [-0.15, -0.1) is 0 Å². The Hall–Kier alpha value is -1.90. The number of nitrogens with two attached hydrogens (primary N) is 1. The van der Waals surface area contributed by atoms with Crippen molar-refractivity contribution in [2.75, 3.05) is 0 Å². The van der Waals surface area contributed by atoms with Crippen molar-refractivity contribution in [3.05, 3.63) is 82.1 Å². The second-order valence-corrected chi connectivity index (χ2v) is 5.60. The average Bonchev–Trinajstić information content (AvgIpc) is 2.47. The molecule has 0 amide bonds. The van der Waals surface area contributed by atoms with Crippen LogP contribution in [0.15, 0.2) is 54.6 Å². The predicted molar refractivity (Wildman–Crippen MR) is 86.1 cm³/mol. The highest BCUT2D eigenvalue weighted by molar-refractivity contribution is 6.30. The molecule has 1 atom stereocenters. The summed E-state index contributed by atoms with van der Waals surface area (Å²) >= 11 is 5.80. The number of hydrogen-bond donors (Lipinski definition) is 1.